The molecule has 1 atom stereocenters. The first kappa shape index (κ1) is 15.7. The van der Waals surface area contributed by atoms with Crippen molar-refractivity contribution in [2.45, 2.75) is 33.4 Å². The fraction of sp³-hybridized carbons (Fsp3) is 0.444. The fourth-order valence-electron chi connectivity index (χ4n) is 3.09. The summed E-state index contributed by atoms with van der Waals surface area (Å²) in [7, 11) is 0. The van der Waals surface area contributed by atoms with Crippen LogP contribution >= 0.6 is 0 Å². The van der Waals surface area contributed by atoms with Gasteiger partial charge in [0.05, 0.1) is 30.5 Å². The first-order valence-electron chi connectivity index (χ1n) is 8.03. The monoisotopic (exact) mass is 313 g/mol. The summed E-state index contributed by atoms with van der Waals surface area (Å²) in [6.45, 7) is 8.66. The molecule has 5 heteroatoms. The van der Waals surface area contributed by atoms with Crippen LogP contribution in [0, 0.1) is 13.8 Å². The summed E-state index contributed by atoms with van der Waals surface area (Å²) < 4.78 is 7.68. The van der Waals surface area contributed by atoms with Crippen LogP contribution in [-0.2, 0) is 11.3 Å². The van der Waals surface area contributed by atoms with Crippen LogP contribution in [0.25, 0.3) is 0 Å². The van der Waals surface area contributed by atoms with E-state index in [4.69, 9.17) is 4.74 Å². The maximum atomic E-state index is 12.8. The van der Waals surface area contributed by atoms with Gasteiger partial charge in [0.1, 0.15) is 0 Å². The van der Waals surface area contributed by atoms with Crippen molar-refractivity contribution in [3.05, 3.63) is 53.1 Å². The quantitative estimate of drug-likeness (QED) is 0.874. The van der Waals surface area contributed by atoms with Gasteiger partial charge in [-0.25, -0.2) is 0 Å². The van der Waals surface area contributed by atoms with E-state index in [2.05, 4.69) is 9.55 Å². The largest absolute Gasteiger partial charge is 0.375 e. The number of carbonyl (C=O) groups is 1. The second-order valence-electron chi connectivity index (χ2n) is 6.12. The van der Waals surface area contributed by atoms with Crippen molar-refractivity contribution in [2.75, 3.05) is 19.7 Å². The van der Waals surface area contributed by atoms with E-state index in [1.54, 1.807) is 6.20 Å². The molecule has 0 bridgehead atoms. The van der Waals surface area contributed by atoms with Crippen LogP contribution in [0.5, 0.6) is 0 Å². The lowest BCUT2D eigenvalue weighted by Crippen LogP contribution is -2.44. The Morgan fingerprint density at radius 1 is 1.39 bits per heavy atom. The summed E-state index contributed by atoms with van der Waals surface area (Å²) >= 11 is 0. The average Bonchev–Trinajstić information content (AvgIpc) is 2.83. The van der Waals surface area contributed by atoms with Crippen LogP contribution in [0.1, 0.15) is 34.4 Å². The Kier molecular flexibility index (Phi) is 4.48. The lowest BCUT2D eigenvalue weighted by molar-refractivity contribution is -0.0124. The first-order chi connectivity index (χ1) is 11.1. The highest BCUT2D eigenvalue weighted by atomic mass is 16.5. The van der Waals surface area contributed by atoms with Gasteiger partial charge in [0.25, 0.3) is 5.91 Å². The Balaban J connectivity index is 1.84. The van der Waals surface area contributed by atoms with Crippen molar-refractivity contribution >= 4 is 5.91 Å². The third-order valence-corrected chi connectivity index (χ3v) is 4.38. The molecule has 0 aromatic carbocycles. The zero-order valence-corrected chi connectivity index (χ0v) is 14.0. The van der Waals surface area contributed by atoms with Crippen molar-refractivity contribution in [1.29, 1.82) is 0 Å². The molecule has 1 unspecified atom stereocenters. The number of amides is 1. The number of pyridine rings is 1. The molecule has 2 aromatic heterocycles. The van der Waals surface area contributed by atoms with Gasteiger partial charge < -0.3 is 14.2 Å². The summed E-state index contributed by atoms with van der Waals surface area (Å²) in [6.07, 6.45) is 1.90. The molecule has 2 aromatic rings. The van der Waals surface area contributed by atoms with E-state index >= 15 is 0 Å². The van der Waals surface area contributed by atoms with E-state index in [0.717, 1.165) is 22.6 Å². The minimum absolute atomic E-state index is 0.0977. The van der Waals surface area contributed by atoms with Gasteiger partial charge in [-0.3, -0.25) is 9.78 Å². The van der Waals surface area contributed by atoms with Crippen LogP contribution in [0.15, 0.2) is 30.5 Å². The smallest absolute Gasteiger partial charge is 0.255 e. The molecule has 3 heterocycles. The molecule has 122 valence electrons. The van der Waals surface area contributed by atoms with Gasteiger partial charge >= 0.3 is 0 Å². The minimum Gasteiger partial charge on any atom is -0.375 e. The molecular weight excluding hydrogens is 290 g/mol. The summed E-state index contributed by atoms with van der Waals surface area (Å²) in [5, 5.41) is 0. The van der Waals surface area contributed by atoms with Gasteiger partial charge in [-0.15, -0.1) is 0 Å². The molecule has 0 radical (unpaired) electrons. The first-order valence-corrected chi connectivity index (χ1v) is 8.03. The van der Waals surface area contributed by atoms with Crippen molar-refractivity contribution in [3.63, 3.8) is 0 Å². The maximum absolute atomic E-state index is 12.8. The molecule has 5 nitrogen and oxygen atoms in total. The highest BCUT2D eigenvalue weighted by Gasteiger charge is 2.25. The van der Waals surface area contributed by atoms with E-state index in [9.17, 15) is 4.79 Å². The molecule has 0 N–H and O–H groups in total. The number of morpholine rings is 1. The Hall–Kier alpha value is -2.14. The van der Waals surface area contributed by atoms with E-state index in [-0.39, 0.29) is 12.0 Å². The lowest BCUT2D eigenvalue weighted by Gasteiger charge is -2.31. The van der Waals surface area contributed by atoms with Gasteiger partial charge in [0.15, 0.2) is 0 Å². The predicted molar refractivity (Wildman–Crippen MR) is 88.6 cm³/mol. The van der Waals surface area contributed by atoms with Crippen molar-refractivity contribution < 1.29 is 9.53 Å². The predicted octanol–water partition coefficient (Wildman–Crippen LogP) is 2.41. The van der Waals surface area contributed by atoms with E-state index in [1.807, 2.05) is 49.9 Å². The molecule has 1 aliphatic heterocycles. The number of carbonyl (C=O) groups excluding carboxylic acids is 1. The normalized spacial score (nSPS) is 18.2. The number of rotatable bonds is 3. The molecule has 0 spiro atoms. The molecule has 1 amide bonds. The van der Waals surface area contributed by atoms with Gasteiger partial charge in [0, 0.05) is 30.7 Å². The molecule has 1 saturated heterocycles. The summed E-state index contributed by atoms with van der Waals surface area (Å²) in [6, 6.07) is 7.88. The molecule has 1 fully saturated rings. The number of ether oxygens (including phenoxy) is 1. The van der Waals surface area contributed by atoms with Crippen LogP contribution in [-0.4, -0.2) is 46.2 Å². The van der Waals surface area contributed by atoms with Gasteiger partial charge in [-0.1, -0.05) is 6.07 Å². The Labute approximate surface area is 136 Å². The lowest BCUT2D eigenvalue weighted by atomic mass is 10.2. The van der Waals surface area contributed by atoms with Gasteiger partial charge in [-0.05, 0) is 39.0 Å². The molecule has 1 aliphatic rings. The summed E-state index contributed by atoms with van der Waals surface area (Å²) in [5.74, 6) is 0.0977. The number of hydrogen-bond donors (Lipinski definition) is 0. The van der Waals surface area contributed by atoms with E-state index in [1.165, 1.54) is 0 Å². The van der Waals surface area contributed by atoms with Crippen LogP contribution < -0.4 is 0 Å². The molecular formula is C18H23N3O2. The zero-order valence-electron chi connectivity index (χ0n) is 14.0. The summed E-state index contributed by atoms with van der Waals surface area (Å²) in [4.78, 5) is 19.1. The second-order valence-corrected chi connectivity index (χ2v) is 6.12. The maximum Gasteiger partial charge on any atom is 0.255 e. The third kappa shape index (κ3) is 3.29. The SMILES string of the molecule is Cc1cc(C(=O)N2CCOC(C)C2)c(C)n1Cc1ccccn1. The summed E-state index contributed by atoms with van der Waals surface area (Å²) in [5.41, 5.74) is 3.86. The number of hydrogen-bond acceptors (Lipinski definition) is 3. The third-order valence-electron chi connectivity index (χ3n) is 4.38. The highest BCUT2D eigenvalue weighted by molar-refractivity contribution is 5.95. The average molecular weight is 313 g/mol. The van der Waals surface area contributed by atoms with Gasteiger partial charge in [0.2, 0.25) is 0 Å². The van der Waals surface area contributed by atoms with Crippen molar-refractivity contribution in [2.24, 2.45) is 0 Å². The number of nitrogens with zero attached hydrogens (tertiary/aromatic N) is 3. The number of aromatic nitrogens is 2. The molecule has 3 rings (SSSR count). The van der Waals surface area contributed by atoms with E-state index in [0.29, 0.717) is 26.2 Å². The van der Waals surface area contributed by atoms with Gasteiger partial charge in [-0.2, -0.15) is 0 Å². The number of aryl methyl sites for hydroxylation is 1. The Morgan fingerprint density at radius 3 is 2.91 bits per heavy atom. The Bertz CT molecular complexity index is 694. The van der Waals surface area contributed by atoms with Crippen molar-refractivity contribution in [1.82, 2.24) is 14.5 Å². The second kappa shape index (κ2) is 6.54. The molecule has 0 saturated carbocycles. The Morgan fingerprint density at radius 2 is 2.22 bits per heavy atom. The van der Waals surface area contributed by atoms with Crippen molar-refractivity contribution in [3.8, 4) is 0 Å². The highest BCUT2D eigenvalue weighted by Crippen LogP contribution is 2.19. The van der Waals surface area contributed by atoms with Crippen LogP contribution in [0.4, 0.5) is 0 Å². The fourth-order valence-corrected chi connectivity index (χ4v) is 3.09. The van der Waals surface area contributed by atoms with Crippen LogP contribution in [0.2, 0.25) is 0 Å². The minimum atomic E-state index is 0.0977. The zero-order chi connectivity index (χ0) is 16.4. The standard InChI is InChI=1S/C18H23N3O2/c1-13-10-17(18(22)20-8-9-23-14(2)11-20)15(3)21(13)12-16-6-4-5-7-19-16/h4-7,10,14H,8-9,11-12H2,1-3H3. The van der Waals surface area contributed by atoms with E-state index < -0.39 is 0 Å². The molecule has 0 aliphatic carbocycles. The van der Waals surface area contributed by atoms with Crippen LogP contribution in [0.3, 0.4) is 0 Å². The molecule has 23 heavy (non-hydrogen) atoms. The topological polar surface area (TPSA) is 47.4 Å².